The van der Waals surface area contributed by atoms with Gasteiger partial charge >= 0.3 is 0 Å². The van der Waals surface area contributed by atoms with E-state index in [9.17, 15) is 9.59 Å². The molecule has 0 aliphatic heterocycles. The molecule has 0 aromatic carbocycles. The van der Waals surface area contributed by atoms with E-state index in [-0.39, 0.29) is 23.8 Å². The zero-order valence-electron chi connectivity index (χ0n) is 15.0. The molecule has 2 aromatic rings. The van der Waals surface area contributed by atoms with Crippen LogP contribution < -0.4 is 10.6 Å². The van der Waals surface area contributed by atoms with Crippen molar-refractivity contribution in [1.29, 1.82) is 0 Å². The van der Waals surface area contributed by atoms with Gasteiger partial charge in [-0.2, -0.15) is 0 Å². The maximum Gasteiger partial charge on any atom is 0.262 e. The summed E-state index contributed by atoms with van der Waals surface area (Å²) >= 11 is 3.04. The van der Waals surface area contributed by atoms with E-state index in [1.165, 1.54) is 16.2 Å². The Morgan fingerprint density at radius 3 is 2.32 bits per heavy atom. The van der Waals surface area contributed by atoms with Crippen LogP contribution in [-0.4, -0.2) is 43.4 Å². The fourth-order valence-electron chi connectivity index (χ4n) is 2.48. The summed E-state index contributed by atoms with van der Waals surface area (Å²) in [5.74, 6) is -0.349. The van der Waals surface area contributed by atoms with Crippen LogP contribution >= 0.6 is 22.7 Å². The Hall–Kier alpha value is -1.70. The van der Waals surface area contributed by atoms with Crippen LogP contribution in [0.25, 0.3) is 0 Å². The van der Waals surface area contributed by atoms with Crippen molar-refractivity contribution in [3.05, 3.63) is 44.8 Å². The zero-order chi connectivity index (χ0) is 18.4. The number of hydrogen-bond donors (Lipinski definition) is 2. The molecule has 0 saturated carbocycles. The van der Waals surface area contributed by atoms with Gasteiger partial charge in [0.2, 0.25) is 5.91 Å². The van der Waals surface area contributed by atoms with Crippen LogP contribution in [0.3, 0.4) is 0 Å². The standard InChI is InChI=1S/C18H25N3O2S2/c1-12(2)16(20-17(22)15-8-6-10-25-15)18(23)19-11-13(21(3)4)14-7-5-9-24-14/h5-10,12-13,16H,11H2,1-4H3,(H,19,23)(H,20,22). The lowest BCUT2D eigenvalue weighted by molar-refractivity contribution is -0.124. The molecule has 0 aliphatic carbocycles. The molecule has 25 heavy (non-hydrogen) atoms. The van der Waals surface area contributed by atoms with Gasteiger partial charge in [-0.1, -0.05) is 26.0 Å². The lowest BCUT2D eigenvalue weighted by Gasteiger charge is -2.26. The minimum atomic E-state index is -0.555. The minimum Gasteiger partial charge on any atom is -0.352 e. The number of hydrogen-bond acceptors (Lipinski definition) is 5. The Bertz CT molecular complexity index is 667. The number of nitrogens with one attached hydrogen (secondary N) is 2. The maximum absolute atomic E-state index is 12.6. The monoisotopic (exact) mass is 379 g/mol. The molecule has 2 aromatic heterocycles. The van der Waals surface area contributed by atoms with Crippen molar-refractivity contribution in [1.82, 2.24) is 15.5 Å². The van der Waals surface area contributed by atoms with Crippen LogP contribution in [0.2, 0.25) is 0 Å². The Labute approximate surface area is 157 Å². The van der Waals surface area contributed by atoms with Crippen molar-refractivity contribution in [2.45, 2.75) is 25.9 Å². The SMILES string of the molecule is CC(C)C(NC(=O)c1cccs1)C(=O)NCC(c1cccs1)N(C)C. The van der Waals surface area contributed by atoms with Crippen LogP contribution in [0, 0.1) is 5.92 Å². The minimum absolute atomic E-state index is 0.00320. The van der Waals surface area contributed by atoms with E-state index in [0.29, 0.717) is 11.4 Å². The van der Waals surface area contributed by atoms with E-state index in [0.717, 1.165) is 0 Å². The molecule has 0 saturated heterocycles. The molecule has 0 spiro atoms. The smallest absolute Gasteiger partial charge is 0.262 e. The van der Waals surface area contributed by atoms with Gasteiger partial charge in [0.05, 0.1) is 10.9 Å². The normalized spacial score (nSPS) is 13.7. The third-order valence-corrected chi connectivity index (χ3v) is 5.79. The summed E-state index contributed by atoms with van der Waals surface area (Å²) in [6.07, 6.45) is 0. The third kappa shape index (κ3) is 5.39. The highest BCUT2D eigenvalue weighted by Crippen LogP contribution is 2.22. The third-order valence-electron chi connectivity index (χ3n) is 3.95. The van der Waals surface area contributed by atoms with Gasteiger partial charge in [0, 0.05) is 11.4 Å². The lowest BCUT2D eigenvalue weighted by atomic mass is 10.0. The predicted octanol–water partition coefficient (Wildman–Crippen LogP) is 2.98. The second kappa shape index (κ2) is 9.12. The van der Waals surface area contributed by atoms with Gasteiger partial charge in [-0.05, 0) is 42.9 Å². The molecule has 2 atom stereocenters. The molecule has 2 rings (SSSR count). The van der Waals surface area contributed by atoms with E-state index in [1.807, 2.05) is 50.8 Å². The van der Waals surface area contributed by atoms with Crippen molar-refractivity contribution in [2.24, 2.45) is 5.92 Å². The molecular formula is C18H25N3O2S2. The fraction of sp³-hybridized carbons (Fsp3) is 0.444. The molecule has 0 aliphatic rings. The molecule has 2 amide bonds. The summed E-state index contributed by atoms with van der Waals surface area (Å²) < 4.78 is 0. The van der Waals surface area contributed by atoms with Crippen LogP contribution in [0.1, 0.15) is 34.4 Å². The summed E-state index contributed by atoms with van der Waals surface area (Å²) in [5.41, 5.74) is 0. The topological polar surface area (TPSA) is 61.4 Å². The fourth-order valence-corrected chi connectivity index (χ4v) is 4.03. The lowest BCUT2D eigenvalue weighted by Crippen LogP contribution is -2.50. The van der Waals surface area contributed by atoms with Gasteiger partial charge in [-0.3, -0.25) is 9.59 Å². The average molecular weight is 380 g/mol. The van der Waals surface area contributed by atoms with Crippen LogP contribution in [0.15, 0.2) is 35.0 Å². The van der Waals surface area contributed by atoms with Gasteiger partial charge < -0.3 is 15.5 Å². The van der Waals surface area contributed by atoms with Crippen LogP contribution in [-0.2, 0) is 4.79 Å². The first kappa shape index (κ1) is 19.6. The molecule has 0 radical (unpaired) electrons. The highest BCUT2D eigenvalue weighted by atomic mass is 32.1. The quantitative estimate of drug-likeness (QED) is 0.741. The number of amides is 2. The molecule has 136 valence electrons. The molecule has 2 unspecified atom stereocenters. The Kier molecular flexibility index (Phi) is 7.16. The van der Waals surface area contributed by atoms with Crippen molar-refractivity contribution in [3.63, 3.8) is 0 Å². The van der Waals surface area contributed by atoms with Crippen molar-refractivity contribution < 1.29 is 9.59 Å². The largest absolute Gasteiger partial charge is 0.352 e. The molecule has 7 heteroatoms. The number of carbonyl (C=O) groups excluding carboxylic acids is 2. The Morgan fingerprint density at radius 1 is 1.12 bits per heavy atom. The maximum atomic E-state index is 12.6. The second-order valence-corrected chi connectivity index (χ2v) is 8.34. The zero-order valence-corrected chi connectivity index (χ0v) is 16.6. The van der Waals surface area contributed by atoms with Gasteiger partial charge in [-0.25, -0.2) is 0 Å². The first-order valence-electron chi connectivity index (χ1n) is 8.22. The molecule has 0 bridgehead atoms. The summed E-state index contributed by atoms with van der Waals surface area (Å²) in [6, 6.07) is 7.22. The van der Waals surface area contributed by atoms with Crippen molar-refractivity contribution in [2.75, 3.05) is 20.6 Å². The summed E-state index contributed by atoms with van der Waals surface area (Å²) in [6.45, 7) is 4.37. The molecule has 5 nitrogen and oxygen atoms in total. The predicted molar refractivity (Wildman–Crippen MR) is 104 cm³/mol. The Balaban J connectivity index is 1.99. The van der Waals surface area contributed by atoms with E-state index in [4.69, 9.17) is 0 Å². The number of carbonyl (C=O) groups is 2. The van der Waals surface area contributed by atoms with Crippen molar-refractivity contribution in [3.8, 4) is 0 Å². The first-order chi connectivity index (χ1) is 11.9. The van der Waals surface area contributed by atoms with E-state index in [2.05, 4.69) is 21.6 Å². The molecule has 2 heterocycles. The second-order valence-electron chi connectivity index (χ2n) is 6.41. The number of thiophene rings is 2. The molecular weight excluding hydrogens is 354 g/mol. The number of likely N-dealkylation sites (N-methyl/N-ethyl adjacent to an activating group) is 1. The molecule has 2 N–H and O–H groups in total. The van der Waals surface area contributed by atoms with Gasteiger partial charge in [-0.15, -0.1) is 22.7 Å². The summed E-state index contributed by atoms with van der Waals surface area (Å²) in [5, 5.41) is 9.74. The average Bonchev–Trinajstić information content (AvgIpc) is 3.25. The summed E-state index contributed by atoms with van der Waals surface area (Å²) in [7, 11) is 3.99. The van der Waals surface area contributed by atoms with E-state index >= 15 is 0 Å². The van der Waals surface area contributed by atoms with Crippen molar-refractivity contribution >= 4 is 34.5 Å². The highest BCUT2D eigenvalue weighted by molar-refractivity contribution is 7.12. The number of nitrogens with zero attached hydrogens (tertiary/aromatic N) is 1. The van der Waals surface area contributed by atoms with E-state index < -0.39 is 6.04 Å². The highest BCUT2D eigenvalue weighted by Gasteiger charge is 2.26. The van der Waals surface area contributed by atoms with Gasteiger partial charge in [0.15, 0.2) is 0 Å². The number of rotatable bonds is 8. The van der Waals surface area contributed by atoms with Gasteiger partial charge in [0.25, 0.3) is 5.91 Å². The van der Waals surface area contributed by atoms with E-state index in [1.54, 1.807) is 17.4 Å². The van der Waals surface area contributed by atoms with Gasteiger partial charge in [0.1, 0.15) is 6.04 Å². The molecule has 0 fully saturated rings. The first-order valence-corrected chi connectivity index (χ1v) is 9.98. The van der Waals surface area contributed by atoms with Crippen LogP contribution in [0.4, 0.5) is 0 Å². The Morgan fingerprint density at radius 2 is 1.80 bits per heavy atom. The van der Waals surface area contributed by atoms with Crippen LogP contribution in [0.5, 0.6) is 0 Å². The summed E-state index contributed by atoms with van der Waals surface area (Å²) in [4.78, 5) is 28.8.